The Morgan fingerprint density at radius 1 is 0.719 bits per heavy atom. The quantitative estimate of drug-likeness (QED) is 0.323. The molecular formula is C26H56Co2O4. The minimum absolute atomic E-state index is 0. The summed E-state index contributed by atoms with van der Waals surface area (Å²) in [7, 11) is 0. The van der Waals surface area contributed by atoms with Gasteiger partial charge in [0.1, 0.15) is 0 Å². The van der Waals surface area contributed by atoms with Gasteiger partial charge in [-0.05, 0) is 28.9 Å². The summed E-state index contributed by atoms with van der Waals surface area (Å²) >= 11 is 0. The molecule has 5 N–H and O–H groups in total. The molecule has 0 bridgehead atoms. The molecule has 1 aliphatic rings. The predicted octanol–water partition coefficient (Wildman–Crippen LogP) is 7.18. The Bertz CT molecular complexity index is 456. The van der Waals surface area contributed by atoms with Gasteiger partial charge in [-0.25, -0.2) is 0 Å². The van der Waals surface area contributed by atoms with Crippen molar-refractivity contribution in [2.75, 3.05) is 0 Å². The van der Waals surface area contributed by atoms with E-state index in [-0.39, 0.29) is 96.6 Å². The molecule has 0 aromatic rings. The van der Waals surface area contributed by atoms with Gasteiger partial charge in [-0.2, -0.15) is 41.5 Å². The number of ketones is 1. The Balaban J connectivity index is -0.0000000334. The molecule has 0 unspecified atom stereocenters. The van der Waals surface area contributed by atoms with Crippen LogP contribution in [0.2, 0.25) is 0 Å². The predicted molar refractivity (Wildman–Crippen MR) is 140 cm³/mol. The van der Waals surface area contributed by atoms with Crippen molar-refractivity contribution in [1.29, 1.82) is 0 Å². The van der Waals surface area contributed by atoms with Crippen molar-refractivity contribution in [1.82, 2.24) is 0 Å². The van der Waals surface area contributed by atoms with E-state index in [4.69, 9.17) is 0 Å². The van der Waals surface area contributed by atoms with Crippen molar-refractivity contribution in [3.63, 3.8) is 0 Å². The zero-order valence-corrected chi connectivity index (χ0v) is 25.9. The first-order chi connectivity index (χ1) is 10.5. The van der Waals surface area contributed by atoms with Crippen LogP contribution in [0.1, 0.15) is 89.5 Å². The molecule has 1 rings (SSSR count). The van der Waals surface area contributed by atoms with E-state index in [0.29, 0.717) is 6.42 Å². The number of aliphatic hydroxyl groups is 1. The normalized spacial score (nSPS) is 11.7. The standard InChI is InChI=1S/C14H22O2.2C4H9.4CH3.2Co.2H2O/c1-13(2,3)9-7-10(14(4,5)6)12(16)11(15)8-9;2*1-4(2)3;;;;;;;;/h8,16H,7H2,1-6H3;2*1-3H3;4*1H3;;;2*1H2/q;6*-1;2*+3;;. The molecule has 0 aromatic carbocycles. The molecule has 4 nitrogen and oxygen atoms in total. The fourth-order valence-corrected chi connectivity index (χ4v) is 1.80. The fourth-order valence-electron chi connectivity index (χ4n) is 1.80. The minimum atomic E-state index is -0.249. The molecule has 0 aromatic heterocycles. The molecule has 6 heteroatoms. The van der Waals surface area contributed by atoms with Crippen LogP contribution in [0.4, 0.5) is 0 Å². The first-order valence-corrected chi connectivity index (χ1v) is 8.71. The van der Waals surface area contributed by atoms with Gasteiger partial charge < -0.3 is 57.6 Å². The van der Waals surface area contributed by atoms with Gasteiger partial charge in [0.25, 0.3) is 0 Å². The van der Waals surface area contributed by atoms with Crippen LogP contribution in [-0.2, 0) is 38.4 Å². The molecule has 0 amide bonds. The van der Waals surface area contributed by atoms with Crippen molar-refractivity contribution in [2.24, 2.45) is 10.8 Å². The van der Waals surface area contributed by atoms with Crippen LogP contribution < -0.4 is 0 Å². The van der Waals surface area contributed by atoms with Crippen molar-refractivity contribution in [3.05, 3.63) is 64.5 Å². The Hall–Kier alpha value is -0.117. The topological polar surface area (TPSA) is 100 Å². The Morgan fingerprint density at radius 3 is 1.16 bits per heavy atom. The van der Waals surface area contributed by atoms with E-state index in [0.717, 1.165) is 11.1 Å². The molecule has 0 saturated heterocycles. The molecule has 0 spiro atoms. The van der Waals surface area contributed by atoms with Gasteiger partial charge in [-0.15, -0.1) is 0 Å². The first kappa shape index (κ1) is 63.5. The summed E-state index contributed by atoms with van der Waals surface area (Å²) in [5, 5.41) is 9.84. The third-order valence-electron chi connectivity index (χ3n) is 3.06. The van der Waals surface area contributed by atoms with Crippen LogP contribution in [0.3, 0.4) is 0 Å². The maximum Gasteiger partial charge on any atom is 3.00 e. The van der Waals surface area contributed by atoms with E-state index in [1.165, 1.54) is 11.8 Å². The van der Waals surface area contributed by atoms with Crippen LogP contribution >= 0.6 is 0 Å². The largest absolute Gasteiger partial charge is 3.00 e. The van der Waals surface area contributed by atoms with Crippen LogP contribution in [0.25, 0.3) is 0 Å². The van der Waals surface area contributed by atoms with Crippen molar-refractivity contribution in [2.45, 2.75) is 89.5 Å². The summed E-state index contributed by atoms with van der Waals surface area (Å²) in [5.41, 5.74) is 1.77. The summed E-state index contributed by atoms with van der Waals surface area (Å²) in [6, 6.07) is 0. The summed E-state index contributed by atoms with van der Waals surface area (Å²) in [6.45, 7) is 24.9. The molecule has 0 aliphatic heterocycles. The summed E-state index contributed by atoms with van der Waals surface area (Å²) in [5.74, 6) is 2.53. The monoisotopic (exact) mass is 550 g/mol. The molecule has 202 valence electrons. The number of hydrogen-bond donors (Lipinski definition) is 1. The van der Waals surface area contributed by atoms with E-state index < -0.39 is 0 Å². The third-order valence-corrected chi connectivity index (χ3v) is 3.06. The number of allylic oxidation sites excluding steroid dienone is 3. The van der Waals surface area contributed by atoms with Crippen LogP contribution in [-0.4, -0.2) is 21.8 Å². The van der Waals surface area contributed by atoms with Gasteiger partial charge in [0.2, 0.25) is 5.78 Å². The first-order valence-electron chi connectivity index (χ1n) is 8.71. The van der Waals surface area contributed by atoms with Gasteiger partial charge in [-0.3, -0.25) is 4.79 Å². The fraction of sp³-hybridized carbons (Fsp3) is 0.577. The molecule has 0 atom stereocenters. The average molecular weight is 551 g/mol. The molecule has 0 fully saturated rings. The van der Waals surface area contributed by atoms with Crippen molar-refractivity contribution >= 4 is 5.78 Å². The number of rotatable bonds is 0. The number of aliphatic hydroxyl groups excluding tert-OH is 1. The van der Waals surface area contributed by atoms with Gasteiger partial charge >= 0.3 is 33.6 Å². The minimum Gasteiger partial charge on any atom is -0.504 e. The zero-order valence-electron chi connectivity index (χ0n) is 23.8. The van der Waals surface area contributed by atoms with Gasteiger partial charge in [0, 0.05) is 0 Å². The van der Waals surface area contributed by atoms with Crippen LogP contribution in [0.15, 0.2) is 23.0 Å². The summed E-state index contributed by atoms with van der Waals surface area (Å²) < 4.78 is 0. The smallest absolute Gasteiger partial charge is 0.504 e. The molecule has 0 radical (unpaired) electrons. The van der Waals surface area contributed by atoms with Crippen LogP contribution in [0, 0.1) is 52.4 Å². The molecule has 32 heavy (non-hydrogen) atoms. The molecular weight excluding hydrogens is 494 g/mol. The molecule has 1 aliphatic carbocycles. The number of carbonyl (C=O) groups is 1. The Labute approximate surface area is 224 Å². The second-order valence-corrected chi connectivity index (χ2v) is 9.54. The molecule has 0 saturated carbocycles. The third kappa shape index (κ3) is 32.1. The van der Waals surface area contributed by atoms with E-state index in [1.807, 2.05) is 20.8 Å². The zero-order chi connectivity index (χ0) is 19.9. The summed E-state index contributed by atoms with van der Waals surface area (Å²) in [4.78, 5) is 11.7. The van der Waals surface area contributed by atoms with E-state index in [1.54, 1.807) is 6.08 Å². The summed E-state index contributed by atoms with van der Waals surface area (Å²) in [6.07, 6.45) is 2.29. The average Bonchev–Trinajstić information content (AvgIpc) is 2.27. The van der Waals surface area contributed by atoms with Crippen molar-refractivity contribution in [3.8, 4) is 0 Å². The van der Waals surface area contributed by atoms with E-state index in [2.05, 4.69) is 62.3 Å². The number of carbonyl (C=O) groups excluding carboxylic acids is 1. The number of hydrogen-bond acceptors (Lipinski definition) is 2. The van der Waals surface area contributed by atoms with E-state index >= 15 is 0 Å². The van der Waals surface area contributed by atoms with Gasteiger partial charge in [0.05, 0.1) is 0 Å². The van der Waals surface area contributed by atoms with Gasteiger partial charge in [-0.1, -0.05) is 47.1 Å². The second kappa shape index (κ2) is 27.1. The Kier molecular flexibility index (Phi) is 53.8. The molecule has 0 heterocycles. The van der Waals surface area contributed by atoms with E-state index in [9.17, 15) is 9.90 Å². The van der Waals surface area contributed by atoms with Crippen molar-refractivity contribution < 1.29 is 54.4 Å². The van der Waals surface area contributed by atoms with Crippen LogP contribution in [0.5, 0.6) is 0 Å². The second-order valence-electron chi connectivity index (χ2n) is 9.54. The Morgan fingerprint density at radius 2 is 0.969 bits per heavy atom. The SMILES string of the molecule is CC(C)(C)C1=CC(=O)C(O)=C(C(C)(C)C)C1.C[C-](C)C.C[C-](C)C.O.O.[CH3-].[CH3-].[CH3-].[CH3-].[Co+3].[Co+3]. The maximum absolute atomic E-state index is 11.7. The maximum atomic E-state index is 11.7. The van der Waals surface area contributed by atoms with Gasteiger partial charge in [0.15, 0.2) is 5.76 Å².